The maximum Gasteiger partial charge on any atom is 0.200 e. The van der Waals surface area contributed by atoms with Crippen LogP contribution >= 0.6 is 15.9 Å². The fraction of sp³-hybridized carbons (Fsp3) is 0.188. The molecule has 3 rings (SSSR count). The second-order valence-corrected chi connectivity index (χ2v) is 5.56. The van der Waals surface area contributed by atoms with Crippen LogP contribution in [0.25, 0.3) is 0 Å². The van der Waals surface area contributed by atoms with Crippen molar-refractivity contribution in [2.75, 3.05) is 19.8 Å². The molecule has 0 saturated carbocycles. The van der Waals surface area contributed by atoms with Crippen molar-refractivity contribution in [1.82, 2.24) is 0 Å². The summed E-state index contributed by atoms with van der Waals surface area (Å²) in [5.41, 5.74) is 0.432. The Morgan fingerprint density at radius 1 is 1.14 bits per heavy atom. The second-order valence-electron chi connectivity index (χ2n) is 4.65. The number of ketones is 1. The van der Waals surface area contributed by atoms with Crippen LogP contribution in [0.5, 0.6) is 17.2 Å². The first kappa shape index (κ1) is 14.8. The molecule has 0 atom stereocenters. The minimum absolute atomic E-state index is 0.0362. The maximum atomic E-state index is 13.6. The van der Waals surface area contributed by atoms with Crippen LogP contribution in [-0.4, -0.2) is 25.6 Å². The maximum absolute atomic E-state index is 13.6. The summed E-state index contributed by atoms with van der Waals surface area (Å²) in [5, 5.41) is 0. The Balaban J connectivity index is 1.69. The third-order valence-electron chi connectivity index (χ3n) is 3.12. The van der Waals surface area contributed by atoms with E-state index in [4.69, 9.17) is 14.2 Å². The van der Waals surface area contributed by atoms with Gasteiger partial charge in [0.05, 0.1) is 0 Å². The molecule has 0 aliphatic carbocycles. The number of rotatable bonds is 4. The molecule has 1 heterocycles. The minimum Gasteiger partial charge on any atom is -0.486 e. The predicted molar refractivity (Wildman–Crippen MR) is 81.4 cm³/mol. The summed E-state index contributed by atoms with van der Waals surface area (Å²) in [5.74, 6) is 0.396. The topological polar surface area (TPSA) is 44.8 Å². The number of carbonyl (C=O) groups is 1. The van der Waals surface area contributed by atoms with Gasteiger partial charge in [-0.05, 0) is 36.4 Å². The van der Waals surface area contributed by atoms with Crippen molar-refractivity contribution in [1.29, 1.82) is 0 Å². The second kappa shape index (κ2) is 6.36. The van der Waals surface area contributed by atoms with E-state index in [-0.39, 0.29) is 18.1 Å². The van der Waals surface area contributed by atoms with Crippen LogP contribution in [0.15, 0.2) is 40.9 Å². The minimum atomic E-state index is -0.524. The van der Waals surface area contributed by atoms with E-state index in [1.165, 1.54) is 12.1 Å². The lowest BCUT2D eigenvalue weighted by atomic mass is 10.1. The molecule has 0 amide bonds. The zero-order valence-corrected chi connectivity index (χ0v) is 13.1. The Labute approximate surface area is 134 Å². The lowest BCUT2D eigenvalue weighted by Gasteiger charge is -2.18. The summed E-state index contributed by atoms with van der Waals surface area (Å²) in [6.45, 7) is 0.690. The van der Waals surface area contributed by atoms with E-state index >= 15 is 0 Å². The van der Waals surface area contributed by atoms with Gasteiger partial charge in [0.1, 0.15) is 13.2 Å². The molecule has 114 valence electrons. The molecule has 2 aromatic rings. The Hall–Kier alpha value is -2.08. The van der Waals surface area contributed by atoms with Gasteiger partial charge in [-0.15, -0.1) is 0 Å². The molecule has 0 saturated heterocycles. The molecular weight excluding hydrogens is 355 g/mol. The highest BCUT2D eigenvalue weighted by Crippen LogP contribution is 2.31. The molecule has 0 unspecified atom stereocenters. The molecule has 0 bridgehead atoms. The van der Waals surface area contributed by atoms with Gasteiger partial charge in [0.2, 0.25) is 0 Å². The number of halogens is 2. The van der Waals surface area contributed by atoms with E-state index in [9.17, 15) is 9.18 Å². The summed E-state index contributed by atoms with van der Waals surface area (Å²) in [7, 11) is 0. The van der Waals surface area contributed by atoms with Crippen molar-refractivity contribution in [2.45, 2.75) is 0 Å². The zero-order valence-electron chi connectivity index (χ0n) is 11.5. The average molecular weight is 367 g/mol. The lowest BCUT2D eigenvalue weighted by Crippen LogP contribution is -2.17. The van der Waals surface area contributed by atoms with Crippen LogP contribution in [0.1, 0.15) is 10.4 Å². The van der Waals surface area contributed by atoms with E-state index in [0.717, 1.165) is 0 Å². The third-order valence-corrected chi connectivity index (χ3v) is 3.61. The van der Waals surface area contributed by atoms with Crippen LogP contribution in [0.3, 0.4) is 0 Å². The van der Waals surface area contributed by atoms with Gasteiger partial charge < -0.3 is 14.2 Å². The monoisotopic (exact) mass is 366 g/mol. The fourth-order valence-corrected chi connectivity index (χ4v) is 2.37. The van der Waals surface area contributed by atoms with Crippen molar-refractivity contribution >= 4 is 21.7 Å². The summed E-state index contributed by atoms with van der Waals surface area (Å²) in [6, 6.07) is 9.32. The molecule has 1 aliphatic rings. The quantitative estimate of drug-likeness (QED) is 0.775. The van der Waals surface area contributed by atoms with Gasteiger partial charge in [-0.1, -0.05) is 15.9 Å². The van der Waals surface area contributed by atoms with Crippen LogP contribution in [0, 0.1) is 5.82 Å². The van der Waals surface area contributed by atoms with Gasteiger partial charge in [-0.2, -0.15) is 0 Å². The largest absolute Gasteiger partial charge is 0.486 e. The Morgan fingerprint density at radius 2 is 1.91 bits per heavy atom. The van der Waals surface area contributed by atoms with Gasteiger partial charge >= 0.3 is 0 Å². The Morgan fingerprint density at radius 3 is 2.68 bits per heavy atom. The van der Waals surface area contributed by atoms with Crippen molar-refractivity contribution in [2.24, 2.45) is 0 Å². The van der Waals surface area contributed by atoms with Crippen LogP contribution in [-0.2, 0) is 0 Å². The van der Waals surface area contributed by atoms with Gasteiger partial charge in [0, 0.05) is 10.0 Å². The van der Waals surface area contributed by atoms with Crippen LogP contribution in [0.2, 0.25) is 0 Å². The standard InChI is InChI=1S/C16H12BrFO4/c17-11-2-4-14(12(18)8-11)22-9-13(19)10-1-3-15-16(7-10)21-6-5-20-15/h1-4,7-8H,5-6,9H2. The number of Topliss-reactive ketones (excluding diaryl/α,β-unsaturated/α-hetero) is 1. The van der Waals surface area contributed by atoms with Gasteiger partial charge in [-0.25, -0.2) is 4.39 Å². The average Bonchev–Trinajstić information content (AvgIpc) is 2.53. The number of benzene rings is 2. The summed E-state index contributed by atoms with van der Waals surface area (Å²) >= 11 is 3.16. The number of hydrogen-bond donors (Lipinski definition) is 0. The van der Waals surface area contributed by atoms with E-state index in [1.54, 1.807) is 24.3 Å². The SMILES string of the molecule is O=C(COc1ccc(Br)cc1F)c1ccc2c(c1)OCCO2. The first-order chi connectivity index (χ1) is 10.6. The molecule has 6 heteroatoms. The number of carbonyl (C=O) groups excluding carboxylic acids is 1. The molecular formula is C16H12BrFO4. The number of ether oxygens (including phenoxy) is 3. The molecule has 22 heavy (non-hydrogen) atoms. The number of hydrogen-bond acceptors (Lipinski definition) is 4. The van der Waals surface area contributed by atoms with Crippen molar-refractivity contribution in [3.05, 3.63) is 52.3 Å². The molecule has 2 aromatic carbocycles. The molecule has 0 radical (unpaired) electrons. The van der Waals surface area contributed by atoms with Crippen molar-refractivity contribution in [3.8, 4) is 17.2 Å². The van der Waals surface area contributed by atoms with E-state index in [0.29, 0.717) is 34.7 Å². The lowest BCUT2D eigenvalue weighted by molar-refractivity contribution is 0.0917. The summed E-state index contributed by atoms with van der Waals surface area (Å²) in [4.78, 5) is 12.1. The molecule has 0 spiro atoms. The van der Waals surface area contributed by atoms with Gasteiger partial charge in [0.25, 0.3) is 0 Å². The molecule has 1 aliphatic heterocycles. The van der Waals surface area contributed by atoms with E-state index in [2.05, 4.69) is 15.9 Å². The van der Waals surface area contributed by atoms with Crippen molar-refractivity contribution < 1.29 is 23.4 Å². The van der Waals surface area contributed by atoms with Crippen molar-refractivity contribution in [3.63, 3.8) is 0 Å². The first-order valence-electron chi connectivity index (χ1n) is 6.64. The van der Waals surface area contributed by atoms with E-state index < -0.39 is 5.82 Å². The molecule has 0 fully saturated rings. The molecule has 4 nitrogen and oxygen atoms in total. The van der Waals surface area contributed by atoms with Gasteiger partial charge in [-0.3, -0.25) is 4.79 Å². The zero-order chi connectivity index (χ0) is 15.5. The van der Waals surface area contributed by atoms with Gasteiger partial charge in [0.15, 0.2) is 35.5 Å². The predicted octanol–water partition coefficient (Wildman–Crippen LogP) is 3.62. The first-order valence-corrected chi connectivity index (χ1v) is 7.43. The van der Waals surface area contributed by atoms with Crippen LogP contribution in [0.4, 0.5) is 4.39 Å². The fourth-order valence-electron chi connectivity index (χ4n) is 2.04. The highest BCUT2D eigenvalue weighted by molar-refractivity contribution is 9.10. The highest BCUT2D eigenvalue weighted by Gasteiger charge is 2.16. The third kappa shape index (κ3) is 3.22. The summed E-state index contributed by atoms with van der Waals surface area (Å²) in [6.07, 6.45) is 0. The smallest absolute Gasteiger partial charge is 0.200 e. The van der Waals surface area contributed by atoms with E-state index in [1.807, 2.05) is 0 Å². The highest BCUT2D eigenvalue weighted by atomic mass is 79.9. The number of fused-ring (bicyclic) bond motifs is 1. The summed E-state index contributed by atoms with van der Waals surface area (Å²) < 4.78 is 30.3. The molecule has 0 aromatic heterocycles. The normalized spacial score (nSPS) is 12.8. The Bertz CT molecular complexity index is 717. The Kier molecular flexibility index (Phi) is 4.29. The molecule has 0 N–H and O–H groups in total. The van der Waals surface area contributed by atoms with Crippen LogP contribution < -0.4 is 14.2 Å².